The van der Waals surface area contributed by atoms with Crippen LogP contribution in [-0.4, -0.2) is 51.7 Å². The lowest BCUT2D eigenvalue weighted by atomic mass is 10.1. The van der Waals surface area contributed by atoms with Crippen molar-refractivity contribution >= 4 is 23.5 Å². The van der Waals surface area contributed by atoms with Crippen LogP contribution in [0, 0.1) is 0 Å². The highest BCUT2D eigenvalue weighted by molar-refractivity contribution is 6.07. The Labute approximate surface area is 236 Å². The van der Waals surface area contributed by atoms with E-state index in [0.29, 0.717) is 31.7 Å². The Morgan fingerprint density at radius 3 is 2.54 bits per heavy atom. The van der Waals surface area contributed by atoms with Crippen molar-refractivity contribution < 1.29 is 32.2 Å². The van der Waals surface area contributed by atoms with Crippen molar-refractivity contribution in [1.29, 1.82) is 0 Å². The van der Waals surface area contributed by atoms with E-state index in [2.05, 4.69) is 20.6 Å². The van der Waals surface area contributed by atoms with Gasteiger partial charge >= 0.3 is 12.3 Å². The number of rotatable bonds is 8. The zero-order chi connectivity index (χ0) is 29.6. The number of likely N-dealkylation sites (tertiary alicyclic amines) is 1. The number of pyridine rings is 2. The number of halogens is 3. The molecule has 1 aliphatic heterocycles. The van der Waals surface area contributed by atoms with E-state index in [-0.39, 0.29) is 17.9 Å². The number of nitrogens with zero attached hydrogens (tertiary/aromatic N) is 3. The van der Waals surface area contributed by atoms with Gasteiger partial charge in [-0.15, -0.1) is 0 Å². The topological polar surface area (TPSA) is 106 Å². The SMILES string of the molecule is CC(C)(C)OC(=O)N1CCC[C@@H]1COc1cc(NC(=O)c2cccnc2NCc2ccncc2)ccc1C(F)(F)F. The average Bonchev–Trinajstić information content (AvgIpc) is 3.39. The molecule has 1 saturated heterocycles. The molecule has 1 aromatic carbocycles. The molecule has 1 fully saturated rings. The number of anilines is 2. The first-order valence-corrected chi connectivity index (χ1v) is 13.1. The number of carbonyl (C=O) groups is 2. The van der Waals surface area contributed by atoms with Crippen molar-refractivity contribution in [2.75, 3.05) is 23.8 Å². The van der Waals surface area contributed by atoms with Crippen molar-refractivity contribution in [3.05, 3.63) is 77.7 Å². The quantitative estimate of drug-likeness (QED) is 0.335. The highest BCUT2D eigenvalue weighted by atomic mass is 19.4. The number of aromatic nitrogens is 2. The molecular formula is C29H32F3N5O4. The summed E-state index contributed by atoms with van der Waals surface area (Å²) in [6.45, 7) is 5.88. The second-order valence-corrected chi connectivity index (χ2v) is 10.6. The van der Waals surface area contributed by atoms with Crippen LogP contribution >= 0.6 is 0 Å². The Morgan fingerprint density at radius 1 is 1.07 bits per heavy atom. The fraction of sp³-hybridized carbons (Fsp3) is 0.379. The molecule has 3 aromatic rings. The Balaban J connectivity index is 1.48. The molecule has 1 aliphatic rings. The summed E-state index contributed by atoms with van der Waals surface area (Å²) in [7, 11) is 0. The molecule has 0 unspecified atom stereocenters. The number of alkyl halides is 3. The summed E-state index contributed by atoms with van der Waals surface area (Å²) in [6.07, 6.45) is 0.839. The highest BCUT2D eigenvalue weighted by Gasteiger charge is 2.36. The lowest BCUT2D eigenvalue weighted by Gasteiger charge is -2.28. The minimum atomic E-state index is -4.69. The second-order valence-electron chi connectivity index (χ2n) is 10.6. The molecule has 0 radical (unpaired) electrons. The average molecular weight is 572 g/mol. The van der Waals surface area contributed by atoms with E-state index in [1.807, 2.05) is 12.1 Å². The zero-order valence-electron chi connectivity index (χ0n) is 23.0. The van der Waals surface area contributed by atoms with Crippen LogP contribution in [0.2, 0.25) is 0 Å². The summed E-state index contributed by atoms with van der Waals surface area (Å²) in [5, 5.41) is 5.74. The summed E-state index contributed by atoms with van der Waals surface area (Å²) >= 11 is 0. The van der Waals surface area contributed by atoms with Gasteiger partial charge in [0.25, 0.3) is 5.91 Å². The van der Waals surface area contributed by atoms with Crippen LogP contribution in [0.3, 0.4) is 0 Å². The minimum Gasteiger partial charge on any atom is -0.491 e. The molecule has 218 valence electrons. The van der Waals surface area contributed by atoms with E-state index in [4.69, 9.17) is 9.47 Å². The first-order chi connectivity index (χ1) is 19.4. The maximum Gasteiger partial charge on any atom is 0.419 e. The van der Waals surface area contributed by atoms with E-state index >= 15 is 0 Å². The van der Waals surface area contributed by atoms with Crippen molar-refractivity contribution in [3.8, 4) is 5.75 Å². The van der Waals surface area contributed by atoms with E-state index in [9.17, 15) is 22.8 Å². The lowest BCUT2D eigenvalue weighted by Crippen LogP contribution is -2.42. The molecular weight excluding hydrogens is 539 g/mol. The van der Waals surface area contributed by atoms with Gasteiger partial charge in [0.1, 0.15) is 23.8 Å². The molecule has 12 heteroatoms. The third-order valence-electron chi connectivity index (χ3n) is 6.24. The zero-order valence-corrected chi connectivity index (χ0v) is 23.0. The van der Waals surface area contributed by atoms with Crippen LogP contribution in [0.15, 0.2) is 61.1 Å². The first kappa shape index (κ1) is 29.6. The normalized spacial score (nSPS) is 15.4. The van der Waals surface area contributed by atoms with Crippen LogP contribution in [0.4, 0.5) is 29.5 Å². The number of ether oxygens (including phenoxy) is 2. The van der Waals surface area contributed by atoms with Gasteiger partial charge in [-0.2, -0.15) is 13.2 Å². The van der Waals surface area contributed by atoms with Gasteiger partial charge in [0.05, 0.1) is 17.2 Å². The van der Waals surface area contributed by atoms with Gasteiger partial charge in [-0.1, -0.05) is 0 Å². The van der Waals surface area contributed by atoms with E-state index in [1.54, 1.807) is 45.3 Å². The third-order valence-corrected chi connectivity index (χ3v) is 6.24. The van der Waals surface area contributed by atoms with Crippen LogP contribution in [0.25, 0.3) is 0 Å². The van der Waals surface area contributed by atoms with E-state index < -0.39 is 41.1 Å². The summed E-state index contributed by atoms with van der Waals surface area (Å²) in [5.41, 5.74) is -0.447. The largest absolute Gasteiger partial charge is 0.491 e. The second kappa shape index (κ2) is 12.4. The molecule has 4 rings (SSSR count). The van der Waals surface area contributed by atoms with Gasteiger partial charge in [-0.25, -0.2) is 9.78 Å². The van der Waals surface area contributed by atoms with Crippen LogP contribution < -0.4 is 15.4 Å². The lowest BCUT2D eigenvalue weighted by molar-refractivity contribution is -0.139. The fourth-order valence-electron chi connectivity index (χ4n) is 4.32. The van der Waals surface area contributed by atoms with Crippen LogP contribution in [-0.2, 0) is 17.5 Å². The molecule has 1 atom stereocenters. The Kier molecular flexibility index (Phi) is 8.99. The predicted octanol–water partition coefficient (Wildman–Crippen LogP) is 6.14. The Bertz CT molecular complexity index is 1360. The molecule has 41 heavy (non-hydrogen) atoms. The van der Waals surface area contributed by atoms with Crippen molar-refractivity contribution in [1.82, 2.24) is 14.9 Å². The van der Waals surface area contributed by atoms with E-state index in [1.165, 1.54) is 11.1 Å². The maximum absolute atomic E-state index is 13.8. The number of carbonyl (C=O) groups excluding carboxylic acids is 2. The standard InChI is InChI=1S/C29H32F3N5O4/c1-28(2,3)41-27(39)37-15-5-6-21(37)18-40-24-16-20(8-9-23(24)29(30,31)32)36-26(38)22-7-4-12-34-25(22)35-17-19-10-13-33-14-11-19/h4,7-14,16,21H,5-6,15,17-18H2,1-3H3,(H,34,35)(H,36,38)/t21-/m1/s1. The van der Waals surface area contributed by atoms with Crippen molar-refractivity contribution in [3.63, 3.8) is 0 Å². The molecule has 2 amide bonds. The van der Waals surface area contributed by atoms with Gasteiger partial charge in [0.15, 0.2) is 0 Å². The van der Waals surface area contributed by atoms with E-state index in [0.717, 1.165) is 23.8 Å². The summed E-state index contributed by atoms with van der Waals surface area (Å²) in [5.74, 6) is -0.699. The van der Waals surface area contributed by atoms with Gasteiger partial charge < -0.3 is 25.0 Å². The molecule has 0 spiro atoms. The summed E-state index contributed by atoms with van der Waals surface area (Å²) in [4.78, 5) is 35.4. The maximum atomic E-state index is 13.8. The monoisotopic (exact) mass is 571 g/mol. The smallest absolute Gasteiger partial charge is 0.419 e. The Hall–Kier alpha value is -4.35. The molecule has 0 saturated carbocycles. The number of benzene rings is 1. The molecule has 9 nitrogen and oxygen atoms in total. The molecule has 2 N–H and O–H groups in total. The number of amides is 2. The summed E-state index contributed by atoms with van der Waals surface area (Å²) < 4.78 is 52.5. The van der Waals surface area contributed by atoms with Crippen molar-refractivity contribution in [2.24, 2.45) is 0 Å². The molecule has 3 heterocycles. The molecule has 0 aliphatic carbocycles. The predicted molar refractivity (Wildman–Crippen MR) is 147 cm³/mol. The number of nitrogens with one attached hydrogen (secondary N) is 2. The third kappa shape index (κ3) is 8.09. The van der Waals surface area contributed by atoms with Gasteiger partial charge in [-0.3, -0.25) is 9.78 Å². The number of hydrogen-bond acceptors (Lipinski definition) is 7. The molecule has 0 bridgehead atoms. The Morgan fingerprint density at radius 2 is 1.83 bits per heavy atom. The van der Waals surface area contributed by atoms with Crippen molar-refractivity contribution in [2.45, 2.75) is 58.0 Å². The van der Waals surface area contributed by atoms with Gasteiger partial charge in [0, 0.05) is 43.4 Å². The number of hydrogen-bond donors (Lipinski definition) is 2. The minimum absolute atomic E-state index is 0.109. The fourth-order valence-corrected chi connectivity index (χ4v) is 4.32. The van der Waals surface area contributed by atoms with Crippen LogP contribution in [0.1, 0.15) is 55.1 Å². The van der Waals surface area contributed by atoms with Crippen LogP contribution in [0.5, 0.6) is 5.75 Å². The molecule has 2 aromatic heterocycles. The van der Waals surface area contributed by atoms with Gasteiger partial charge in [0.2, 0.25) is 0 Å². The first-order valence-electron chi connectivity index (χ1n) is 13.1. The highest BCUT2D eigenvalue weighted by Crippen LogP contribution is 2.38. The summed E-state index contributed by atoms with van der Waals surface area (Å²) in [6, 6.07) is 9.49. The van der Waals surface area contributed by atoms with Gasteiger partial charge in [-0.05, 0) is 75.6 Å².